The number of benzene rings is 1. The molecule has 2 heterocycles. The van der Waals surface area contributed by atoms with Crippen molar-refractivity contribution in [3.8, 4) is 0 Å². The molecule has 4 aliphatic rings. The minimum Gasteiger partial charge on any atom is -0.379 e. The van der Waals surface area contributed by atoms with Crippen LogP contribution in [0.15, 0.2) is 24.3 Å². The Hall–Kier alpha value is -1.46. The third-order valence-corrected chi connectivity index (χ3v) is 9.29. The third-order valence-electron chi connectivity index (χ3n) is 7.71. The summed E-state index contributed by atoms with van der Waals surface area (Å²) in [7, 11) is -4.15. The van der Waals surface area contributed by atoms with E-state index in [0.717, 1.165) is 51.3 Å². The van der Waals surface area contributed by atoms with Gasteiger partial charge < -0.3 is 4.74 Å². The fourth-order valence-electron chi connectivity index (χ4n) is 6.09. The minimum absolute atomic E-state index is 0.000490. The molecule has 33 heavy (non-hydrogen) atoms. The van der Waals surface area contributed by atoms with Crippen LogP contribution in [0.1, 0.15) is 29.5 Å². The fourth-order valence-corrected chi connectivity index (χ4v) is 7.80. The Morgan fingerprint density at radius 2 is 1.82 bits per heavy atom. The van der Waals surface area contributed by atoms with E-state index in [2.05, 4.69) is 40.0 Å². The van der Waals surface area contributed by atoms with Gasteiger partial charge in [0.1, 0.15) is 6.54 Å². The van der Waals surface area contributed by atoms with Crippen molar-refractivity contribution in [3.63, 3.8) is 0 Å². The van der Waals surface area contributed by atoms with E-state index in [-0.39, 0.29) is 18.4 Å². The summed E-state index contributed by atoms with van der Waals surface area (Å²) in [5.41, 5.74) is 2.64. The quantitative estimate of drug-likeness (QED) is 0.713. The molecular formula is C23H30F3N3O3S. The Kier molecular flexibility index (Phi) is 6.10. The van der Waals surface area contributed by atoms with Crippen LogP contribution in [0.4, 0.5) is 13.2 Å². The smallest absolute Gasteiger partial charge is 0.379 e. The van der Waals surface area contributed by atoms with E-state index < -0.39 is 28.5 Å². The molecule has 2 bridgehead atoms. The number of hydrogen-bond donors (Lipinski definition) is 1. The first-order valence-corrected chi connectivity index (χ1v) is 13.0. The van der Waals surface area contributed by atoms with Gasteiger partial charge in [-0.25, -0.2) is 0 Å². The van der Waals surface area contributed by atoms with Crippen LogP contribution in [-0.2, 0) is 27.8 Å². The number of hydrogen-bond acceptors (Lipinski definition) is 4. The molecule has 1 aromatic carbocycles. The molecule has 3 atom stereocenters. The summed E-state index contributed by atoms with van der Waals surface area (Å²) in [5.74, 6) is -0.0104. The monoisotopic (exact) mass is 485 g/mol. The second kappa shape index (κ2) is 8.64. The molecule has 6 nitrogen and oxygen atoms in total. The predicted octanol–water partition coefficient (Wildman–Crippen LogP) is 2.61. The van der Waals surface area contributed by atoms with Crippen molar-refractivity contribution < 1.29 is 26.3 Å². The number of alkyl halides is 3. The molecule has 10 heteroatoms. The Labute approximate surface area is 192 Å². The van der Waals surface area contributed by atoms with Gasteiger partial charge >= 0.3 is 6.18 Å². The molecule has 1 aromatic rings. The van der Waals surface area contributed by atoms with Crippen LogP contribution in [0.3, 0.4) is 0 Å². The van der Waals surface area contributed by atoms with Gasteiger partial charge in [-0.1, -0.05) is 30.4 Å². The highest BCUT2D eigenvalue weighted by Gasteiger charge is 2.60. The van der Waals surface area contributed by atoms with E-state index in [4.69, 9.17) is 4.74 Å². The van der Waals surface area contributed by atoms with Crippen LogP contribution in [0.25, 0.3) is 6.08 Å². The lowest BCUT2D eigenvalue weighted by Crippen LogP contribution is -2.52. The highest BCUT2D eigenvalue weighted by molar-refractivity contribution is 7.87. The van der Waals surface area contributed by atoms with E-state index in [0.29, 0.717) is 17.1 Å². The van der Waals surface area contributed by atoms with Gasteiger partial charge in [0.15, 0.2) is 0 Å². The molecule has 0 unspecified atom stereocenters. The van der Waals surface area contributed by atoms with Gasteiger partial charge in [-0.15, -0.1) is 0 Å². The van der Waals surface area contributed by atoms with Crippen molar-refractivity contribution in [1.29, 1.82) is 0 Å². The first-order valence-electron chi connectivity index (χ1n) is 11.6. The second-order valence-corrected chi connectivity index (χ2v) is 11.4. The van der Waals surface area contributed by atoms with Crippen molar-refractivity contribution in [2.75, 3.05) is 45.9 Å². The van der Waals surface area contributed by atoms with Crippen LogP contribution in [0, 0.1) is 11.8 Å². The van der Waals surface area contributed by atoms with E-state index in [1.807, 2.05) is 0 Å². The molecule has 182 valence electrons. The van der Waals surface area contributed by atoms with E-state index in [9.17, 15) is 21.6 Å². The number of nitrogens with one attached hydrogen (secondary N) is 1. The van der Waals surface area contributed by atoms with Gasteiger partial charge in [-0.3, -0.25) is 4.90 Å². The summed E-state index contributed by atoms with van der Waals surface area (Å²) < 4.78 is 73.0. The minimum atomic E-state index is -4.56. The molecule has 1 spiro atoms. The molecule has 2 aliphatic carbocycles. The largest absolute Gasteiger partial charge is 0.402 e. The number of rotatable bonds is 4. The normalized spacial score (nSPS) is 32.5. The van der Waals surface area contributed by atoms with E-state index in [1.165, 1.54) is 11.1 Å². The Balaban J connectivity index is 1.34. The fraction of sp³-hybridized carbons (Fsp3) is 0.652. The average molecular weight is 486 g/mol. The first kappa shape index (κ1) is 23.3. The standard InChI is InChI=1S/C23H30F3N3O3S/c24-23(25,26)16-29-15-22(27-33(29,30)31)20-5-6-21(22)14-19-12-17(3-4-18(19)13-20)2-1-7-28-8-10-32-11-9-28/h1-4,12,20-21,27H,5-11,13-16H2/b2-1+/t20-,21+,22-/m1/s1. The van der Waals surface area contributed by atoms with Gasteiger partial charge in [0, 0.05) is 26.2 Å². The topological polar surface area (TPSA) is 61.9 Å². The lowest BCUT2D eigenvalue weighted by Gasteiger charge is -2.33. The predicted molar refractivity (Wildman–Crippen MR) is 119 cm³/mol. The van der Waals surface area contributed by atoms with Crippen molar-refractivity contribution in [2.45, 2.75) is 37.4 Å². The van der Waals surface area contributed by atoms with Crippen molar-refractivity contribution >= 4 is 16.3 Å². The maximum Gasteiger partial charge on any atom is 0.402 e. The van der Waals surface area contributed by atoms with Crippen LogP contribution < -0.4 is 4.72 Å². The van der Waals surface area contributed by atoms with Crippen LogP contribution in [0.5, 0.6) is 0 Å². The molecule has 3 fully saturated rings. The van der Waals surface area contributed by atoms with Gasteiger partial charge in [0.05, 0.1) is 18.8 Å². The molecule has 2 saturated heterocycles. The van der Waals surface area contributed by atoms with Gasteiger partial charge in [-0.2, -0.15) is 30.6 Å². The molecular weight excluding hydrogens is 455 g/mol. The Morgan fingerprint density at radius 1 is 1.12 bits per heavy atom. The van der Waals surface area contributed by atoms with Crippen LogP contribution in [-0.4, -0.2) is 75.3 Å². The molecule has 5 rings (SSSR count). The highest BCUT2D eigenvalue weighted by Crippen LogP contribution is 2.50. The maximum atomic E-state index is 13.0. The number of halogens is 3. The molecule has 0 radical (unpaired) electrons. The average Bonchev–Trinajstić information content (AvgIpc) is 3.12. The SMILES string of the molecule is O=S1(=O)N[C@]2(CN1CC(F)(F)F)[C@@H]1CC[C@H]2Cc2cc(/C=C/CN3CCOCC3)ccc2C1. The second-order valence-electron chi connectivity index (χ2n) is 9.75. The summed E-state index contributed by atoms with van der Waals surface area (Å²) >= 11 is 0. The molecule has 1 N–H and O–H groups in total. The third kappa shape index (κ3) is 4.73. The van der Waals surface area contributed by atoms with Gasteiger partial charge in [0.2, 0.25) is 0 Å². The number of fused-ring (bicyclic) bond motifs is 1. The van der Waals surface area contributed by atoms with Gasteiger partial charge in [-0.05, 0) is 54.2 Å². The highest BCUT2D eigenvalue weighted by atomic mass is 32.2. The van der Waals surface area contributed by atoms with Gasteiger partial charge in [0.25, 0.3) is 10.2 Å². The zero-order chi connectivity index (χ0) is 23.3. The number of morpholine rings is 1. The lowest BCUT2D eigenvalue weighted by molar-refractivity contribution is -0.136. The van der Waals surface area contributed by atoms with E-state index in [1.54, 1.807) is 0 Å². The van der Waals surface area contributed by atoms with Crippen LogP contribution in [0.2, 0.25) is 0 Å². The summed E-state index contributed by atoms with van der Waals surface area (Å²) in [4.78, 5) is 2.34. The zero-order valence-electron chi connectivity index (χ0n) is 18.5. The van der Waals surface area contributed by atoms with Crippen LogP contribution >= 0.6 is 0 Å². The van der Waals surface area contributed by atoms with E-state index >= 15 is 0 Å². The van der Waals surface area contributed by atoms with Crippen molar-refractivity contribution in [2.24, 2.45) is 11.8 Å². The molecule has 2 aliphatic heterocycles. The Bertz CT molecular complexity index is 1020. The summed E-state index contributed by atoms with van der Waals surface area (Å²) in [5, 5.41) is 0. The first-order chi connectivity index (χ1) is 15.6. The number of ether oxygens (including phenoxy) is 1. The molecule has 0 aromatic heterocycles. The summed E-state index contributed by atoms with van der Waals surface area (Å²) in [6, 6.07) is 6.35. The van der Waals surface area contributed by atoms with Crippen molar-refractivity contribution in [1.82, 2.24) is 13.9 Å². The lowest BCUT2D eigenvalue weighted by atomic mass is 9.79. The van der Waals surface area contributed by atoms with Crippen molar-refractivity contribution in [3.05, 3.63) is 41.0 Å². The molecule has 0 amide bonds. The zero-order valence-corrected chi connectivity index (χ0v) is 19.3. The maximum absolute atomic E-state index is 13.0. The Morgan fingerprint density at radius 3 is 2.52 bits per heavy atom. The molecule has 1 saturated carbocycles. The summed E-state index contributed by atoms with van der Waals surface area (Å²) in [6.45, 7) is 2.72. The summed E-state index contributed by atoms with van der Waals surface area (Å²) in [6.07, 6.45) is 2.72. The number of nitrogens with zero attached hydrogens (tertiary/aromatic N) is 2.